The van der Waals surface area contributed by atoms with Crippen LogP contribution in [0.4, 0.5) is 0 Å². The second-order valence-corrected chi connectivity index (χ2v) is 15.1. The number of allylic oxidation sites excluding steroid dienone is 1. The van der Waals surface area contributed by atoms with E-state index in [1.54, 1.807) is 19.5 Å². The highest BCUT2D eigenvalue weighted by Gasteiger charge is 2.59. The standard InChI is InChI=1S/C34H60NO4/c1-8-38-32(36)23-35(7,37)20-21-39-27-16-18-33(5)26(22-27)12-13-28-30-15-14-29(25(4)11-9-10-24(2)3)34(30,6)19-17-31(28)33/h12,24-25,27-31,37H,8-11,13-23H2,1-7H3/q+1/t25-,27+,28?,29-,30?,31?,33+,34-,35?/m1/s1. The molecule has 4 aliphatic rings. The first-order valence-corrected chi connectivity index (χ1v) is 16.4. The molecule has 5 nitrogen and oxygen atoms in total. The first-order chi connectivity index (χ1) is 18.4. The van der Waals surface area contributed by atoms with Crippen LogP contribution in [0.25, 0.3) is 0 Å². The van der Waals surface area contributed by atoms with E-state index in [0.29, 0.717) is 30.6 Å². The molecule has 3 fully saturated rings. The van der Waals surface area contributed by atoms with Gasteiger partial charge in [0.15, 0.2) is 0 Å². The van der Waals surface area contributed by atoms with Crippen LogP contribution in [-0.2, 0) is 14.3 Å². The molecular formula is C34H60NO4+. The molecule has 39 heavy (non-hydrogen) atoms. The maximum absolute atomic E-state index is 11.8. The van der Waals surface area contributed by atoms with E-state index < -0.39 is 0 Å². The Morgan fingerprint density at radius 2 is 1.87 bits per heavy atom. The third-order valence-corrected chi connectivity index (χ3v) is 12.0. The molecule has 0 radical (unpaired) electrons. The van der Waals surface area contributed by atoms with Crippen LogP contribution in [0.3, 0.4) is 0 Å². The lowest BCUT2D eigenvalue weighted by atomic mass is 9.47. The number of fused-ring (bicyclic) bond motifs is 5. The highest BCUT2D eigenvalue weighted by molar-refractivity contribution is 5.70. The topological polar surface area (TPSA) is 55.8 Å². The number of rotatable bonds is 12. The zero-order valence-corrected chi connectivity index (χ0v) is 26.3. The molecule has 0 aromatic heterocycles. The van der Waals surface area contributed by atoms with Crippen LogP contribution >= 0.6 is 0 Å². The summed E-state index contributed by atoms with van der Waals surface area (Å²) in [4.78, 5) is 11.8. The highest BCUT2D eigenvalue weighted by atomic mass is 16.6. The van der Waals surface area contributed by atoms with Gasteiger partial charge >= 0.3 is 5.97 Å². The van der Waals surface area contributed by atoms with E-state index in [1.807, 2.05) is 0 Å². The minimum Gasteiger partial charge on any atom is -0.462 e. The average molecular weight is 547 g/mol. The number of carbonyl (C=O) groups excluding carboxylic acids is 1. The molecule has 224 valence electrons. The molecule has 4 aliphatic carbocycles. The number of likely N-dealkylation sites (N-methyl/N-ethyl adjacent to an activating group) is 1. The first kappa shape index (κ1) is 31.0. The fourth-order valence-corrected chi connectivity index (χ4v) is 9.77. The second-order valence-electron chi connectivity index (χ2n) is 15.1. The van der Waals surface area contributed by atoms with Gasteiger partial charge in [0.1, 0.15) is 6.54 Å². The Kier molecular flexibility index (Phi) is 9.97. The summed E-state index contributed by atoms with van der Waals surface area (Å²) in [5, 5.41) is 10.6. The fourth-order valence-electron chi connectivity index (χ4n) is 9.77. The monoisotopic (exact) mass is 546 g/mol. The molecule has 4 unspecified atom stereocenters. The summed E-state index contributed by atoms with van der Waals surface area (Å²) in [6.07, 6.45) is 17.4. The van der Waals surface area contributed by atoms with E-state index in [0.717, 1.165) is 48.3 Å². The predicted octanol–water partition coefficient (Wildman–Crippen LogP) is 7.81. The van der Waals surface area contributed by atoms with Gasteiger partial charge in [-0.25, -0.2) is 10.0 Å². The second kappa shape index (κ2) is 12.5. The molecule has 4 rings (SSSR count). The van der Waals surface area contributed by atoms with E-state index >= 15 is 0 Å². The minimum atomic E-state index is -0.382. The lowest BCUT2D eigenvalue weighted by molar-refractivity contribution is -1.08. The molecule has 9 atom stereocenters. The van der Waals surface area contributed by atoms with Crippen molar-refractivity contribution in [2.75, 3.05) is 33.4 Å². The summed E-state index contributed by atoms with van der Waals surface area (Å²) in [6.45, 7) is 15.5. The zero-order chi connectivity index (χ0) is 28.4. The van der Waals surface area contributed by atoms with Crippen molar-refractivity contribution in [1.82, 2.24) is 0 Å². The van der Waals surface area contributed by atoms with Crippen molar-refractivity contribution in [3.63, 3.8) is 0 Å². The van der Waals surface area contributed by atoms with Crippen LogP contribution in [-0.4, -0.2) is 55.3 Å². The van der Waals surface area contributed by atoms with Crippen molar-refractivity contribution in [1.29, 1.82) is 0 Å². The third kappa shape index (κ3) is 6.78. The van der Waals surface area contributed by atoms with Crippen molar-refractivity contribution < 1.29 is 24.1 Å². The molecule has 0 saturated heterocycles. The Balaban J connectivity index is 1.33. The van der Waals surface area contributed by atoms with Crippen LogP contribution in [0.5, 0.6) is 0 Å². The number of ether oxygens (including phenoxy) is 2. The predicted molar refractivity (Wildman–Crippen MR) is 157 cm³/mol. The zero-order valence-electron chi connectivity index (χ0n) is 26.3. The molecule has 3 saturated carbocycles. The molecule has 0 bridgehead atoms. The molecule has 0 aromatic rings. The van der Waals surface area contributed by atoms with Crippen molar-refractivity contribution in [3.05, 3.63) is 11.6 Å². The Morgan fingerprint density at radius 1 is 1.10 bits per heavy atom. The Labute approximate surface area is 239 Å². The van der Waals surface area contributed by atoms with Gasteiger partial charge in [-0.15, -0.1) is 0 Å². The van der Waals surface area contributed by atoms with Crippen molar-refractivity contribution in [2.24, 2.45) is 46.3 Å². The molecule has 0 heterocycles. The van der Waals surface area contributed by atoms with Crippen molar-refractivity contribution >= 4 is 5.97 Å². The summed E-state index contributed by atoms with van der Waals surface area (Å²) in [7, 11) is 1.65. The number of esters is 1. The Morgan fingerprint density at radius 3 is 2.59 bits per heavy atom. The van der Waals surface area contributed by atoms with E-state index in [1.165, 1.54) is 57.8 Å². The molecule has 0 amide bonds. The number of hydroxylamine groups is 3. The summed E-state index contributed by atoms with van der Waals surface area (Å²) >= 11 is 0. The van der Waals surface area contributed by atoms with Gasteiger partial charge in [-0.1, -0.05) is 65.5 Å². The van der Waals surface area contributed by atoms with E-state index in [9.17, 15) is 10.0 Å². The third-order valence-electron chi connectivity index (χ3n) is 12.0. The van der Waals surface area contributed by atoms with Crippen molar-refractivity contribution in [2.45, 2.75) is 118 Å². The van der Waals surface area contributed by atoms with Gasteiger partial charge in [0.2, 0.25) is 6.54 Å². The largest absolute Gasteiger partial charge is 0.462 e. The average Bonchev–Trinajstić information content (AvgIpc) is 3.21. The molecule has 1 N–H and O–H groups in total. The molecule has 5 heteroatoms. The van der Waals surface area contributed by atoms with Crippen molar-refractivity contribution in [3.8, 4) is 0 Å². The van der Waals surface area contributed by atoms with Gasteiger partial charge in [-0.3, -0.25) is 0 Å². The summed E-state index contributed by atoms with van der Waals surface area (Å²) < 4.78 is 10.9. The SMILES string of the molecule is CCOC(=O)C[N+](C)(O)CCO[C@H]1CC[C@@]2(C)C(=CCC3C2CC[C@@]2(C)C3CC[C@@H]2[C@H](C)CCCC(C)C)C1. The Bertz CT molecular complexity index is 867. The molecule has 0 aliphatic heterocycles. The first-order valence-electron chi connectivity index (χ1n) is 16.4. The van der Waals surface area contributed by atoms with Crippen LogP contribution in [0.2, 0.25) is 0 Å². The van der Waals surface area contributed by atoms with Gasteiger partial charge in [-0.2, -0.15) is 4.65 Å². The molecule has 0 aromatic carbocycles. The Hall–Kier alpha value is -0.910. The normalized spacial score (nSPS) is 38.3. The summed E-state index contributed by atoms with van der Waals surface area (Å²) in [5.41, 5.74) is 2.52. The fraction of sp³-hybridized carbons (Fsp3) is 0.912. The maximum Gasteiger partial charge on any atom is 0.364 e. The summed E-state index contributed by atoms with van der Waals surface area (Å²) in [5.74, 6) is 4.83. The quantitative estimate of drug-likeness (QED) is 0.117. The van der Waals surface area contributed by atoms with Gasteiger partial charge in [0.05, 0.1) is 26.4 Å². The number of hydrogen-bond donors (Lipinski definition) is 1. The number of quaternary nitrogens is 1. The minimum absolute atomic E-state index is 0.0359. The smallest absolute Gasteiger partial charge is 0.364 e. The van der Waals surface area contributed by atoms with Crippen LogP contribution in [0.1, 0.15) is 112 Å². The van der Waals surface area contributed by atoms with Gasteiger partial charge in [0.25, 0.3) is 0 Å². The van der Waals surface area contributed by atoms with Gasteiger partial charge in [-0.05, 0) is 105 Å². The van der Waals surface area contributed by atoms with Gasteiger partial charge < -0.3 is 9.47 Å². The molecule has 0 spiro atoms. The van der Waals surface area contributed by atoms with Gasteiger partial charge in [0, 0.05) is 0 Å². The lowest BCUT2D eigenvalue weighted by Crippen LogP contribution is -2.51. The number of hydrogen-bond acceptors (Lipinski definition) is 4. The highest BCUT2D eigenvalue weighted by Crippen LogP contribution is 2.67. The van der Waals surface area contributed by atoms with Crippen LogP contribution in [0, 0.1) is 46.3 Å². The van der Waals surface area contributed by atoms with E-state index in [2.05, 4.69) is 40.7 Å². The lowest BCUT2D eigenvalue weighted by Gasteiger charge is -2.58. The van der Waals surface area contributed by atoms with Crippen LogP contribution in [0.15, 0.2) is 11.6 Å². The number of nitrogens with zero attached hydrogens (tertiary/aromatic N) is 1. The van der Waals surface area contributed by atoms with E-state index in [4.69, 9.17) is 9.47 Å². The maximum atomic E-state index is 11.8. The molecular weight excluding hydrogens is 486 g/mol. The summed E-state index contributed by atoms with van der Waals surface area (Å²) in [6, 6.07) is 0. The number of carbonyl (C=O) groups is 1. The van der Waals surface area contributed by atoms with Crippen LogP contribution < -0.4 is 0 Å². The van der Waals surface area contributed by atoms with E-state index in [-0.39, 0.29) is 23.3 Å².